The van der Waals surface area contributed by atoms with E-state index >= 15 is 0 Å². The van der Waals surface area contributed by atoms with Crippen LogP contribution < -0.4 is 9.40 Å². The average Bonchev–Trinajstić information content (AvgIpc) is 3.23. The zero-order chi connectivity index (χ0) is 22.7. The van der Waals surface area contributed by atoms with Crippen LogP contribution in [0.1, 0.15) is 117 Å². The summed E-state index contributed by atoms with van der Waals surface area (Å²) < 4.78 is 4.38. The van der Waals surface area contributed by atoms with E-state index < -0.39 is 0 Å². The number of imidazole rings is 1. The van der Waals surface area contributed by atoms with E-state index in [1.165, 1.54) is 108 Å². The van der Waals surface area contributed by atoms with Gasteiger partial charge < -0.3 is 4.84 Å². The molecular formula is C29H49N2O+. The standard InChI is InChI=1S/C29H49N2O/c1-3-5-7-9-11-13-15-20-24-30-25-26-31(29(30)28-22-18-17-19-23-28)32-27-21-16-14-12-10-8-6-4-2/h17-19,22-23,25-26H,3-16,20-21,24,27H2,1-2H3/q+1. The van der Waals surface area contributed by atoms with Crippen molar-refractivity contribution in [1.29, 1.82) is 0 Å². The molecule has 0 spiro atoms. The molecule has 0 N–H and O–H groups in total. The van der Waals surface area contributed by atoms with Gasteiger partial charge in [0.2, 0.25) is 0 Å². The topological polar surface area (TPSA) is 18.0 Å². The minimum absolute atomic E-state index is 0.793. The normalized spacial score (nSPS) is 11.2. The smallest absolute Gasteiger partial charge is 0.328 e. The Morgan fingerprint density at radius 2 is 1.19 bits per heavy atom. The molecule has 1 aromatic heterocycles. The lowest BCUT2D eigenvalue weighted by molar-refractivity contribution is -0.686. The fourth-order valence-corrected chi connectivity index (χ4v) is 4.39. The van der Waals surface area contributed by atoms with Gasteiger partial charge in [0.05, 0.1) is 12.1 Å². The molecule has 1 heterocycles. The zero-order valence-electron chi connectivity index (χ0n) is 21.1. The highest BCUT2D eigenvalue weighted by atomic mass is 16.7. The molecule has 2 aromatic rings. The molecule has 0 atom stereocenters. The van der Waals surface area contributed by atoms with Crippen LogP contribution in [-0.4, -0.2) is 11.3 Å². The van der Waals surface area contributed by atoms with Crippen LogP contribution >= 0.6 is 0 Å². The van der Waals surface area contributed by atoms with E-state index in [1.54, 1.807) is 0 Å². The van der Waals surface area contributed by atoms with Crippen LogP contribution in [0.3, 0.4) is 0 Å². The third-order valence-corrected chi connectivity index (χ3v) is 6.38. The fourth-order valence-electron chi connectivity index (χ4n) is 4.39. The third-order valence-electron chi connectivity index (χ3n) is 6.38. The Morgan fingerprint density at radius 1 is 0.656 bits per heavy atom. The Balaban J connectivity index is 1.76. The van der Waals surface area contributed by atoms with Gasteiger partial charge in [0.1, 0.15) is 12.8 Å². The van der Waals surface area contributed by atoms with Gasteiger partial charge in [-0.25, -0.2) is 4.57 Å². The number of hydrogen-bond acceptors (Lipinski definition) is 1. The molecule has 0 radical (unpaired) electrons. The van der Waals surface area contributed by atoms with E-state index in [0.29, 0.717) is 0 Å². The van der Waals surface area contributed by atoms with Crippen LogP contribution in [0, 0.1) is 0 Å². The lowest BCUT2D eigenvalue weighted by atomic mass is 10.1. The molecule has 2 rings (SSSR count). The van der Waals surface area contributed by atoms with Gasteiger partial charge in [-0.05, 0) is 42.5 Å². The second-order valence-corrected chi connectivity index (χ2v) is 9.29. The van der Waals surface area contributed by atoms with E-state index in [9.17, 15) is 0 Å². The summed E-state index contributed by atoms with van der Waals surface area (Å²) in [6.45, 7) is 6.42. The second-order valence-electron chi connectivity index (χ2n) is 9.29. The second kappa shape index (κ2) is 17.7. The van der Waals surface area contributed by atoms with Gasteiger partial charge in [0, 0.05) is 0 Å². The summed E-state index contributed by atoms with van der Waals surface area (Å²) in [6, 6.07) is 10.7. The van der Waals surface area contributed by atoms with Crippen molar-refractivity contribution >= 4 is 0 Å². The highest BCUT2D eigenvalue weighted by Gasteiger charge is 2.20. The van der Waals surface area contributed by atoms with Crippen LogP contribution in [0.5, 0.6) is 0 Å². The molecule has 0 amide bonds. The quantitative estimate of drug-likeness (QED) is 0.150. The van der Waals surface area contributed by atoms with Crippen molar-refractivity contribution in [2.45, 2.75) is 123 Å². The van der Waals surface area contributed by atoms with E-state index in [4.69, 9.17) is 4.84 Å². The van der Waals surface area contributed by atoms with Gasteiger partial charge in [-0.15, -0.1) is 0 Å². The van der Waals surface area contributed by atoms with Crippen LogP contribution in [0.2, 0.25) is 0 Å². The maximum atomic E-state index is 6.20. The van der Waals surface area contributed by atoms with Gasteiger partial charge in [-0.2, -0.15) is 0 Å². The largest absolute Gasteiger partial charge is 0.335 e. The molecule has 32 heavy (non-hydrogen) atoms. The van der Waals surface area contributed by atoms with Crippen molar-refractivity contribution in [3.8, 4) is 11.4 Å². The first kappa shape index (κ1) is 26.5. The van der Waals surface area contributed by atoms with E-state index in [1.807, 2.05) is 4.73 Å². The van der Waals surface area contributed by atoms with Crippen LogP contribution in [0.25, 0.3) is 11.4 Å². The number of unbranched alkanes of at least 4 members (excludes halogenated alkanes) is 14. The summed E-state index contributed by atoms with van der Waals surface area (Å²) >= 11 is 0. The number of rotatable bonds is 20. The Hall–Kier alpha value is -1.77. The Morgan fingerprint density at radius 3 is 1.78 bits per heavy atom. The van der Waals surface area contributed by atoms with Crippen LogP contribution in [0.4, 0.5) is 0 Å². The van der Waals surface area contributed by atoms with E-state index in [2.05, 4.69) is 61.1 Å². The van der Waals surface area contributed by atoms with Gasteiger partial charge in [0.15, 0.2) is 6.20 Å². The maximum absolute atomic E-state index is 6.20. The van der Waals surface area contributed by atoms with Gasteiger partial charge in [-0.1, -0.05) is 109 Å². The third kappa shape index (κ3) is 10.7. The molecule has 0 bridgehead atoms. The summed E-state index contributed by atoms with van der Waals surface area (Å²) in [5.41, 5.74) is 1.23. The summed E-state index contributed by atoms with van der Waals surface area (Å²) in [5, 5.41) is 0. The van der Waals surface area contributed by atoms with Gasteiger partial charge in [0.25, 0.3) is 0 Å². The van der Waals surface area contributed by atoms with E-state index in [0.717, 1.165) is 19.6 Å². The van der Waals surface area contributed by atoms with Crippen LogP contribution in [-0.2, 0) is 6.54 Å². The molecule has 0 saturated carbocycles. The Labute approximate surface area is 198 Å². The minimum atomic E-state index is 0.793. The predicted molar refractivity (Wildman–Crippen MR) is 137 cm³/mol. The summed E-state index contributed by atoms with van der Waals surface area (Å²) in [7, 11) is 0. The maximum Gasteiger partial charge on any atom is 0.328 e. The lowest BCUT2D eigenvalue weighted by Gasteiger charge is -2.07. The first-order chi connectivity index (χ1) is 15.9. The van der Waals surface area contributed by atoms with Gasteiger partial charge >= 0.3 is 5.82 Å². The number of hydrogen-bond donors (Lipinski definition) is 0. The molecule has 3 nitrogen and oxygen atoms in total. The minimum Gasteiger partial charge on any atom is -0.335 e. The number of nitrogens with zero attached hydrogens (tertiary/aromatic N) is 2. The van der Waals surface area contributed by atoms with Crippen molar-refractivity contribution in [3.63, 3.8) is 0 Å². The molecule has 0 aliphatic carbocycles. The molecule has 0 aliphatic rings. The van der Waals surface area contributed by atoms with Crippen molar-refractivity contribution in [3.05, 3.63) is 42.7 Å². The number of benzene rings is 1. The predicted octanol–water partition coefficient (Wildman–Crippen LogP) is 8.15. The zero-order valence-corrected chi connectivity index (χ0v) is 21.1. The SMILES string of the molecule is CCCCCCCCCCOn1cc[n+](CCCCCCCCCC)c1-c1ccccc1. The molecule has 0 aliphatic heterocycles. The highest BCUT2D eigenvalue weighted by molar-refractivity contribution is 5.51. The van der Waals surface area contributed by atoms with Gasteiger partial charge in [-0.3, -0.25) is 0 Å². The van der Waals surface area contributed by atoms with Crippen molar-refractivity contribution in [1.82, 2.24) is 4.73 Å². The summed E-state index contributed by atoms with van der Waals surface area (Å²) in [5.74, 6) is 1.17. The fraction of sp³-hybridized carbons (Fsp3) is 0.690. The molecule has 1 aromatic carbocycles. The lowest BCUT2D eigenvalue weighted by Crippen LogP contribution is -2.35. The van der Waals surface area contributed by atoms with Crippen molar-refractivity contribution in [2.75, 3.05) is 6.61 Å². The molecule has 0 fully saturated rings. The van der Waals surface area contributed by atoms with E-state index in [-0.39, 0.29) is 0 Å². The molecule has 0 saturated heterocycles. The first-order valence-electron chi connectivity index (χ1n) is 13.7. The molecule has 3 heteroatoms. The highest BCUT2D eigenvalue weighted by Crippen LogP contribution is 2.16. The van der Waals surface area contributed by atoms with Crippen molar-refractivity contribution in [2.24, 2.45) is 0 Å². The summed E-state index contributed by atoms with van der Waals surface area (Å²) in [4.78, 5) is 6.20. The first-order valence-corrected chi connectivity index (χ1v) is 13.7. The number of aryl methyl sites for hydroxylation is 1. The van der Waals surface area contributed by atoms with Crippen molar-refractivity contribution < 1.29 is 9.40 Å². The molecular weight excluding hydrogens is 392 g/mol. The monoisotopic (exact) mass is 441 g/mol. The number of aromatic nitrogens is 2. The molecule has 180 valence electrons. The molecule has 0 unspecified atom stereocenters. The Kier molecular flexibility index (Phi) is 14.7. The summed E-state index contributed by atoms with van der Waals surface area (Å²) in [6.07, 6.45) is 25.7. The average molecular weight is 442 g/mol. The van der Waals surface area contributed by atoms with Crippen LogP contribution in [0.15, 0.2) is 42.7 Å². The Bertz CT molecular complexity index is 680.